The second-order valence-electron chi connectivity index (χ2n) is 4.28. The number of thioether (sulfide) groups is 1. The smallest absolute Gasteiger partial charge is 0.236 e. The molecule has 0 aliphatic carbocycles. The van der Waals surface area contributed by atoms with Crippen molar-refractivity contribution in [3.05, 3.63) is 28.2 Å². The molecule has 0 aromatic carbocycles. The number of carbonyl (C=O) groups is 1. The fourth-order valence-corrected chi connectivity index (χ4v) is 3.19. The molecule has 0 bridgehead atoms. The van der Waals surface area contributed by atoms with E-state index in [1.165, 1.54) is 23.1 Å². The van der Waals surface area contributed by atoms with Crippen LogP contribution in [0, 0.1) is 32.1 Å². The molecule has 0 aliphatic heterocycles. The summed E-state index contributed by atoms with van der Waals surface area (Å²) in [6, 6.07) is 2.08. The lowest BCUT2D eigenvalue weighted by atomic mass is 10.3. The standard InChI is InChI=1S/C13H13N5OS2/c1-7-5-21-13(15-7)18-11(19)6-20-12-10(4-14)8(2)16-9(3)17-12/h5H,6H2,1-3H3,(H,15,18,19). The lowest BCUT2D eigenvalue weighted by Gasteiger charge is -2.06. The summed E-state index contributed by atoms with van der Waals surface area (Å²) in [6.45, 7) is 5.39. The van der Waals surface area contributed by atoms with Crippen molar-refractivity contribution >= 4 is 34.1 Å². The summed E-state index contributed by atoms with van der Waals surface area (Å²) in [6.07, 6.45) is 0. The Hall–Kier alpha value is -1.98. The number of aryl methyl sites for hydroxylation is 3. The fourth-order valence-electron chi connectivity index (χ4n) is 1.62. The number of nitrogens with one attached hydrogen (secondary N) is 1. The number of hydrogen-bond donors (Lipinski definition) is 1. The van der Waals surface area contributed by atoms with Crippen molar-refractivity contribution in [2.24, 2.45) is 0 Å². The van der Waals surface area contributed by atoms with E-state index >= 15 is 0 Å². The molecule has 1 N–H and O–H groups in total. The van der Waals surface area contributed by atoms with Crippen LogP contribution in [0.4, 0.5) is 5.13 Å². The summed E-state index contributed by atoms with van der Waals surface area (Å²) >= 11 is 2.61. The van der Waals surface area contributed by atoms with E-state index in [2.05, 4.69) is 26.3 Å². The van der Waals surface area contributed by atoms with Crippen molar-refractivity contribution in [3.63, 3.8) is 0 Å². The van der Waals surface area contributed by atoms with Crippen molar-refractivity contribution in [3.8, 4) is 6.07 Å². The number of aromatic nitrogens is 3. The maximum atomic E-state index is 11.9. The second-order valence-corrected chi connectivity index (χ2v) is 6.10. The molecule has 1 amide bonds. The molecule has 0 saturated heterocycles. The molecule has 108 valence electrons. The van der Waals surface area contributed by atoms with Crippen molar-refractivity contribution in [2.75, 3.05) is 11.1 Å². The highest BCUT2D eigenvalue weighted by molar-refractivity contribution is 8.00. The van der Waals surface area contributed by atoms with Gasteiger partial charge in [-0.25, -0.2) is 15.0 Å². The number of carbonyl (C=O) groups excluding carboxylic acids is 1. The first kappa shape index (κ1) is 15.4. The van der Waals surface area contributed by atoms with E-state index in [1.807, 2.05) is 12.3 Å². The van der Waals surface area contributed by atoms with E-state index < -0.39 is 0 Å². The Kier molecular flexibility index (Phi) is 4.88. The first-order valence-electron chi connectivity index (χ1n) is 6.09. The van der Waals surface area contributed by atoms with Gasteiger partial charge in [-0.3, -0.25) is 4.79 Å². The van der Waals surface area contributed by atoms with Crippen LogP contribution in [-0.2, 0) is 4.79 Å². The largest absolute Gasteiger partial charge is 0.301 e. The molecule has 0 radical (unpaired) electrons. The van der Waals surface area contributed by atoms with Crippen molar-refractivity contribution < 1.29 is 4.79 Å². The van der Waals surface area contributed by atoms with Gasteiger partial charge in [-0.1, -0.05) is 11.8 Å². The number of amides is 1. The molecule has 0 unspecified atom stereocenters. The van der Waals surface area contributed by atoms with Gasteiger partial charge < -0.3 is 5.32 Å². The van der Waals surface area contributed by atoms with Gasteiger partial charge in [0.2, 0.25) is 5.91 Å². The predicted octanol–water partition coefficient (Wildman–Crippen LogP) is 2.46. The van der Waals surface area contributed by atoms with E-state index in [9.17, 15) is 4.79 Å². The van der Waals surface area contributed by atoms with E-state index in [4.69, 9.17) is 5.26 Å². The highest BCUT2D eigenvalue weighted by atomic mass is 32.2. The number of hydrogen-bond acceptors (Lipinski definition) is 7. The minimum Gasteiger partial charge on any atom is -0.301 e. The second kappa shape index (κ2) is 6.65. The van der Waals surface area contributed by atoms with Crippen LogP contribution in [0.5, 0.6) is 0 Å². The Bertz CT molecular complexity index is 720. The number of anilines is 1. The van der Waals surface area contributed by atoms with Crippen LogP contribution in [0.25, 0.3) is 0 Å². The van der Waals surface area contributed by atoms with Gasteiger partial charge in [0.1, 0.15) is 22.5 Å². The lowest BCUT2D eigenvalue weighted by Crippen LogP contribution is -2.14. The molecule has 0 saturated carbocycles. The molecule has 2 rings (SSSR count). The molecule has 8 heteroatoms. The Morgan fingerprint density at radius 2 is 2.14 bits per heavy atom. The summed E-state index contributed by atoms with van der Waals surface area (Å²) in [5.41, 5.74) is 1.92. The zero-order chi connectivity index (χ0) is 15.4. The molecule has 0 spiro atoms. The Morgan fingerprint density at radius 3 is 2.76 bits per heavy atom. The van der Waals surface area contributed by atoms with Crippen LogP contribution >= 0.6 is 23.1 Å². The molecule has 21 heavy (non-hydrogen) atoms. The number of nitriles is 1. The Balaban J connectivity index is 2.03. The third kappa shape index (κ3) is 4.00. The summed E-state index contributed by atoms with van der Waals surface area (Å²) < 4.78 is 0. The summed E-state index contributed by atoms with van der Waals surface area (Å²) in [4.78, 5) is 24.4. The topological polar surface area (TPSA) is 91.6 Å². The monoisotopic (exact) mass is 319 g/mol. The zero-order valence-electron chi connectivity index (χ0n) is 11.8. The normalized spacial score (nSPS) is 10.2. The van der Waals surface area contributed by atoms with Crippen molar-refractivity contribution in [1.82, 2.24) is 15.0 Å². The quantitative estimate of drug-likeness (QED) is 0.687. The molecule has 6 nitrogen and oxygen atoms in total. The van der Waals surface area contributed by atoms with E-state index in [0.29, 0.717) is 27.2 Å². The van der Waals surface area contributed by atoms with Gasteiger partial charge in [0.25, 0.3) is 0 Å². The zero-order valence-corrected chi connectivity index (χ0v) is 13.4. The Morgan fingerprint density at radius 1 is 1.38 bits per heavy atom. The molecular formula is C13H13N5OS2. The predicted molar refractivity (Wildman–Crippen MR) is 82.4 cm³/mol. The maximum absolute atomic E-state index is 11.9. The number of nitrogens with zero attached hydrogens (tertiary/aromatic N) is 4. The van der Waals surface area contributed by atoms with Crippen LogP contribution < -0.4 is 5.32 Å². The van der Waals surface area contributed by atoms with E-state index in [1.54, 1.807) is 13.8 Å². The van der Waals surface area contributed by atoms with Crippen LogP contribution in [0.2, 0.25) is 0 Å². The fraction of sp³-hybridized carbons (Fsp3) is 0.308. The first-order valence-corrected chi connectivity index (χ1v) is 7.96. The van der Waals surface area contributed by atoms with Gasteiger partial charge in [-0.05, 0) is 20.8 Å². The third-order valence-corrected chi connectivity index (χ3v) is 4.34. The molecule has 2 aromatic rings. The minimum absolute atomic E-state index is 0.170. The minimum atomic E-state index is -0.174. The number of thiazole rings is 1. The van der Waals surface area contributed by atoms with Crippen molar-refractivity contribution in [2.45, 2.75) is 25.8 Å². The Labute approximate surface area is 130 Å². The third-order valence-electron chi connectivity index (χ3n) is 2.49. The molecule has 0 atom stereocenters. The van der Waals surface area contributed by atoms with Crippen LogP contribution in [0.1, 0.15) is 22.8 Å². The van der Waals surface area contributed by atoms with Gasteiger partial charge in [-0.2, -0.15) is 5.26 Å². The average molecular weight is 319 g/mol. The lowest BCUT2D eigenvalue weighted by molar-refractivity contribution is -0.113. The number of rotatable bonds is 4. The van der Waals surface area contributed by atoms with Gasteiger partial charge in [0, 0.05) is 5.38 Å². The van der Waals surface area contributed by atoms with Crippen LogP contribution in [-0.4, -0.2) is 26.6 Å². The summed E-state index contributed by atoms with van der Waals surface area (Å²) in [5, 5.41) is 14.8. The molecule has 2 heterocycles. The maximum Gasteiger partial charge on any atom is 0.236 e. The molecule has 2 aromatic heterocycles. The average Bonchev–Trinajstić information content (AvgIpc) is 2.81. The van der Waals surface area contributed by atoms with Crippen molar-refractivity contribution in [1.29, 1.82) is 5.26 Å². The molecular weight excluding hydrogens is 306 g/mol. The van der Waals surface area contributed by atoms with Gasteiger partial charge in [-0.15, -0.1) is 11.3 Å². The van der Waals surface area contributed by atoms with Gasteiger partial charge in [0.15, 0.2) is 5.13 Å². The first-order chi connectivity index (χ1) is 9.99. The van der Waals surface area contributed by atoms with Crippen LogP contribution in [0.15, 0.2) is 10.4 Å². The summed E-state index contributed by atoms with van der Waals surface area (Å²) in [5.74, 6) is 0.584. The van der Waals surface area contributed by atoms with Gasteiger partial charge in [0.05, 0.1) is 17.1 Å². The highest BCUT2D eigenvalue weighted by Crippen LogP contribution is 2.22. The SMILES string of the molecule is Cc1csc(NC(=O)CSc2nc(C)nc(C)c2C#N)n1. The van der Waals surface area contributed by atoms with E-state index in [-0.39, 0.29) is 11.7 Å². The highest BCUT2D eigenvalue weighted by Gasteiger charge is 2.13. The van der Waals surface area contributed by atoms with Crippen LogP contribution in [0.3, 0.4) is 0 Å². The summed E-state index contributed by atoms with van der Waals surface area (Å²) in [7, 11) is 0. The van der Waals surface area contributed by atoms with Gasteiger partial charge >= 0.3 is 0 Å². The molecule has 0 aliphatic rings. The van der Waals surface area contributed by atoms with E-state index in [0.717, 1.165) is 5.69 Å². The molecule has 0 fully saturated rings.